The highest BCUT2D eigenvalue weighted by Gasteiger charge is 2.19. The zero-order chi connectivity index (χ0) is 16.1. The van der Waals surface area contributed by atoms with Gasteiger partial charge in [0, 0.05) is 10.0 Å². The number of aliphatic carboxylic acids is 1. The average Bonchev–Trinajstić information content (AvgIpc) is 2.47. The van der Waals surface area contributed by atoms with E-state index in [0.29, 0.717) is 11.1 Å². The Morgan fingerprint density at radius 3 is 2.45 bits per heavy atom. The summed E-state index contributed by atoms with van der Waals surface area (Å²) in [7, 11) is 0. The van der Waals surface area contributed by atoms with E-state index in [2.05, 4.69) is 21.2 Å². The van der Waals surface area contributed by atoms with Crippen LogP contribution in [0.4, 0.5) is 4.39 Å². The van der Waals surface area contributed by atoms with E-state index >= 15 is 0 Å². The minimum absolute atomic E-state index is 0.286. The quantitative estimate of drug-likeness (QED) is 0.851. The molecule has 2 N–H and O–H groups in total. The molecule has 114 valence electrons. The van der Waals surface area contributed by atoms with E-state index in [-0.39, 0.29) is 6.42 Å². The van der Waals surface area contributed by atoms with Gasteiger partial charge in [0.25, 0.3) is 5.91 Å². The maximum Gasteiger partial charge on any atom is 0.305 e. The Morgan fingerprint density at radius 2 is 1.86 bits per heavy atom. The van der Waals surface area contributed by atoms with E-state index in [4.69, 9.17) is 5.11 Å². The summed E-state index contributed by atoms with van der Waals surface area (Å²) in [5, 5.41) is 11.7. The number of benzene rings is 2. The van der Waals surface area contributed by atoms with Crippen LogP contribution in [-0.4, -0.2) is 17.0 Å². The van der Waals surface area contributed by atoms with Crippen LogP contribution in [0.25, 0.3) is 0 Å². The molecule has 2 aromatic rings. The van der Waals surface area contributed by atoms with E-state index < -0.39 is 23.7 Å². The SMILES string of the molecule is O=C(O)CC(NC(=O)c1cccc(Br)c1)c1ccc(F)cc1. The molecular formula is C16H13BrFNO3. The van der Waals surface area contributed by atoms with E-state index in [1.807, 2.05) is 0 Å². The van der Waals surface area contributed by atoms with Crippen molar-refractivity contribution >= 4 is 27.8 Å². The lowest BCUT2D eigenvalue weighted by Crippen LogP contribution is -2.30. The Bertz CT molecular complexity index is 688. The molecule has 0 radical (unpaired) electrons. The molecule has 2 aromatic carbocycles. The minimum atomic E-state index is -1.05. The zero-order valence-corrected chi connectivity index (χ0v) is 13.0. The van der Waals surface area contributed by atoms with Crippen molar-refractivity contribution in [3.8, 4) is 0 Å². The van der Waals surface area contributed by atoms with Crippen LogP contribution in [0.1, 0.15) is 28.4 Å². The Morgan fingerprint density at radius 1 is 1.18 bits per heavy atom. The summed E-state index contributed by atoms with van der Waals surface area (Å²) >= 11 is 3.27. The molecule has 4 nitrogen and oxygen atoms in total. The lowest BCUT2D eigenvalue weighted by Gasteiger charge is -2.17. The third-order valence-corrected chi connectivity index (χ3v) is 3.54. The highest BCUT2D eigenvalue weighted by atomic mass is 79.9. The van der Waals surface area contributed by atoms with Gasteiger partial charge in [-0.15, -0.1) is 0 Å². The van der Waals surface area contributed by atoms with Crippen molar-refractivity contribution < 1.29 is 19.1 Å². The molecule has 22 heavy (non-hydrogen) atoms. The molecular weight excluding hydrogens is 353 g/mol. The zero-order valence-electron chi connectivity index (χ0n) is 11.4. The van der Waals surface area contributed by atoms with E-state index in [0.717, 1.165) is 4.47 Å². The summed E-state index contributed by atoms with van der Waals surface area (Å²) < 4.78 is 13.7. The second-order valence-electron chi connectivity index (χ2n) is 4.69. The van der Waals surface area contributed by atoms with Crippen molar-refractivity contribution in [1.29, 1.82) is 0 Å². The summed E-state index contributed by atoms with van der Waals surface area (Å²) in [5.41, 5.74) is 0.944. The molecule has 1 atom stereocenters. The van der Waals surface area contributed by atoms with Crippen LogP contribution in [-0.2, 0) is 4.79 Å². The molecule has 0 saturated heterocycles. The molecule has 0 fully saturated rings. The summed E-state index contributed by atoms with van der Waals surface area (Å²) in [6, 6.07) is 11.4. The molecule has 0 aromatic heterocycles. The predicted octanol–water partition coefficient (Wildman–Crippen LogP) is 3.53. The van der Waals surface area contributed by atoms with Crippen molar-refractivity contribution in [2.75, 3.05) is 0 Å². The van der Waals surface area contributed by atoms with Gasteiger partial charge in [0.15, 0.2) is 0 Å². The number of rotatable bonds is 5. The number of hydrogen-bond acceptors (Lipinski definition) is 2. The standard InChI is InChI=1S/C16H13BrFNO3/c17-12-3-1-2-11(8-12)16(22)19-14(9-15(20)21)10-4-6-13(18)7-5-10/h1-8,14H,9H2,(H,19,22)(H,20,21). The first-order chi connectivity index (χ1) is 10.5. The van der Waals surface area contributed by atoms with Gasteiger partial charge in [-0.3, -0.25) is 9.59 Å². The van der Waals surface area contributed by atoms with Crippen LogP contribution in [0, 0.1) is 5.82 Å². The van der Waals surface area contributed by atoms with Crippen molar-refractivity contribution in [2.24, 2.45) is 0 Å². The predicted molar refractivity (Wildman–Crippen MR) is 83.0 cm³/mol. The summed E-state index contributed by atoms with van der Waals surface area (Å²) in [5.74, 6) is -1.86. The number of carboxylic acid groups (broad SMARTS) is 1. The molecule has 1 unspecified atom stereocenters. The number of carbonyl (C=O) groups is 2. The van der Waals surface area contributed by atoms with Gasteiger partial charge in [0.05, 0.1) is 12.5 Å². The van der Waals surface area contributed by atoms with Crippen LogP contribution >= 0.6 is 15.9 Å². The van der Waals surface area contributed by atoms with E-state index in [1.54, 1.807) is 24.3 Å². The van der Waals surface area contributed by atoms with Crippen LogP contribution < -0.4 is 5.32 Å². The molecule has 6 heteroatoms. The molecule has 1 amide bonds. The molecule has 0 aliphatic carbocycles. The van der Waals surface area contributed by atoms with E-state index in [9.17, 15) is 14.0 Å². The second kappa shape index (κ2) is 7.17. The third kappa shape index (κ3) is 4.39. The van der Waals surface area contributed by atoms with Gasteiger partial charge in [0.1, 0.15) is 5.82 Å². The maximum atomic E-state index is 13.0. The highest BCUT2D eigenvalue weighted by Crippen LogP contribution is 2.19. The molecule has 0 bridgehead atoms. The number of hydrogen-bond donors (Lipinski definition) is 2. The van der Waals surface area contributed by atoms with Gasteiger partial charge < -0.3 is 10.4 Å². The Kier molecular flexibility index (Phi) is 5.27. The Labute approximate surface area is 135 Å². The number of carbonyl (C=O) groups excluding carboxylic acids is 1. The monoisotopic (exact) mass is 365 g/mol. The Balaban J connectivity index is 2.21. The molecule has 0 spiro atoms. The smallest absolute Gasteiger partial charge is 0.305 e. The van der Waals surface area contributed by atoms with Crippen LogP contribution in [0.15, 0.2) is 53.0 Å². The van der Waals surface area contributed by atoms with Crippen molar-refractivity contribution in [2.45, 2.75) is 12.5 Å². The third-order valence-electron chi connectivity index (χ3n) is 3.04. The summed E-state index contributed by atoms with van der Waals surface area (Å²) in [6.45, 7) is 0. The van der Waals surface area contributed by atoms with E-state index in [1.165, 1.54) is 24.3 Å². The van der Waals surface area contributed by atoms with Crippen molar-refractivity contribution in [3.05, 3.63) is 69.9 Å². The first kappa shape index (κ1) is 16.2. The molecule has 0 heterocycles. The fourth-order valence-corrected chi connectivity index (χ4v) is 2.39. The normalized spacial score (nSPS) is 11.7. The van der Waals surface area contributed by atoms with Crippen LogP contribution in [0.2, 0.25) is 0 Å². The van der Waals surface area contributed by atoms with Gasteiger partial charge in [0.2, 0.25) is 0 Å². The number of carboxylic acids is 1. The lowest BCUT2D eigenvalue weighted by atomic mass is 10.0. The second-order valence-corrected chi connectivity index (χ2v) is 5.60. The molecule has 2 rings (SSSR count). The van der Waals surface area contributed by atoms with Crippen LogP contribution in [0.5, 0.6) is 0 Å². The topological polar surface area (TPSA) is 66.4 Å². The summed E-state index contributed by atoms with van der Waals surface area (Å²) in [6.07, 6.45) is -0.286. The van der Waals surface area contributed by atoms with Gasteiger partial charge in [-0.25, -0.2) is 4.39 Å². The fourth-order valence-electron chi connectivity index (χ4n) is 1.99. The largest absolute Gasteiger partial charge is 0.481 e. The number of amides is 1. The van der Waals surface area contributed by atoms with Crippen molar-refractivity contribution in [3.63, 3.8) is 0 Å². The minimum Gasteiger partial charge on any atom is -0.481 e. The summed E-state index contributed by atoms with van der Waals surface area (Å²) in [4.78, 5) is 23.2. The maximum absolute atomic E-state index is 13.0. The number of halogens is 2. The molecule has 0 aliphatic rings. The Hall–Kier alpha value is -2.21. The van der Waals surface area contributed by atoms with Gasteiger partial charge in [-0.1, -0.05) is 34.1 Å². The first-order valence-corrected chi connectivity index (χ1v) is 7.28. The number of nitrogens with one attached hydrogen (secondary N) is 1. The average molecular weight is 366 g/mol. The van der Waals surface area contributed by atoms with Gasteiger partial charge >= 0.3 is 5.97 Å². The fraction of sp³-hybridized carbons (Fsp3) is 0.125. The van der Waals surface area contributed by atoms with Gasteiger partial charge in [-0.05, 0) is 35.9 Å². The van der Waals surface area contributed by atoms with Crippen LogP contribution in [0.3, 0.4) is 0 Å². The highest BCUT2D eigenvalue weighted by molar-refractivity contribution is 9.10. The lowest BCUT2D eigenvalue weighted by molar-refractivity contribution is -0.137. The molecule has 0 aliphatic heterocycles. The first-order valence-electron chi connectivity index (χ1n) is 6.49. The van der Waals surface area contributed by atoms with Gasteiger partial charge in [-0.2, -0.15) is 0 Å². The molecule has 0 saturated carbocycles. The van der Waals surface area contributed by atoms with Crippen molar-refractivity contribution in [1.82, 2.24) is 5.32 Å².